The van der Waals surface area contributed by atoms with E-state index in [2.05, 4.69) is 10.6 Å². The second kappa shape index (κ2) is 10.3. The molecule has 2 rings (SSSR count). The molecule has 1 aromatic carbocycles. The summed E-state index contributed by atoms with van der Waals surface area (Å²) in [4.78, 5) is 26.1. The molecule has 2 N–H and O–H groups in total. The lowest BCUT2D eigenvalue weighted by molar-refractivity contribution is -0.125. The van der Waals surface area contributed by atoms with E-state index in [-0.39, 0.29) is 30.1 Å². The molecule has 0 aliphatic carbocycles. The summed E-state index contributed by atoms with van der Waals surface area (Å²) in [7, 11) is 0. The van der Waals surface area contributed by atoms with E-state index in [0.29, 0.717) is 25.2 Å². The third-order valence-electron chi connectivity index (χ3n) is 4.39. The summed E-state index contributed by atoms with van der Waals surface area (Å²) in [5.74, 6) is 0.242. The Morgan fingerprint density at radius 2 is 1.88 bits per heavy atom. The molecule has 0 aromatic heterocycles. The van der Waals surface area contributed by atoms with Crippen molar-refractivity contribution in [3.05, 3.63) is 35.4 Å². The molecule has 134 valence electrons. The van der Waals surface area contributed by atoms with Gasteiger partial charge in [-0.1, -0.05) is 12.1 Å². The highest BCUT2D eigenvalue weighted by atomic mass is 35.5. The minimum atomic E-state index is 0. The molecule has 1 aliphatic heterocycles. The van der Waals surface area contributed by atoms with Crippen LogP contribution in [-0.4, -0.2) is 42.9 Å². The standard InChI is InChI=1S/C18H27N3O2.ClH/c1-3-21(4-2)18(23)15-9-7-14(8-10-15)12-20-17(22)16-6-5-11-19-13-16;/h7-10,16,19H,3-6,11-13H2,1-2H3,(H,20,22);1H. The topological polar surface area (TPSA) is 61.4 Å². The Labute approximate surface area is 150 Å². The molecule has 1 saturated heterocycles. The molecule has 24 heavy (non-hydrogen) atoms. The van der Waals surface area contributed by atoms with Crippen LogP contribution in [0.3, 0.4) is 0 Å². The normalized spacial score (nSPS) is 16.8. The van der Waals surface area contributed by atoms with Gasteiger partial charge in [0.2, 0.25) is 5.91 Å². The van der Waals surface area contributed by atoms with Crippen LogP contribution < -0.4 is 10.6 Å². The van der Waals surface area contributed by atoms with Gasteiger partial charge in [0.05, 0.1) is 5.92 Å². The number of carbonyl (C=O) groups excluding carboxylic acids is 2. The predicted molar refractivity (Wildman–Crippen MR) is 98.4 cm³/mol. The Hall–Kier alpha value is -1.59. The van der Waals surface area contributed by atoms with E-state index in [1.807, 2.05) is 38.1 Å². The van der Waals surface area contributed by atoms with Crippen molar-refractivity contribution in [2.75, 3.05) is 26.2 Å². The van der Waals surface area contributed by atoms with Gasteiger partial charge in [0.15, 0.2) is 0 Å². The van der Waals surface area contributed by atoms with E-state index in [1.54, 1.807) is 4.90 Å². The number of carbonyl (C=O) groups is 2. The molecule has 2 amide bonds. The van der Waals surface area contributed by atoms with Crippen molar-refractivity contribution >= 4 is 24.2 Å². The molecule has 6 heteroatoms. The van der Waals surface area contributed by atoms with Crippen molar-refractivity contribution < 1.29 is 9.59 Å². The number of hydrogen-bond acceptors (Lipinski definition) is 3. The summed E-state index contributed by atoms with van der Waals surface area (Å²) in [6, 6.07) is 7.50. The fourth-order valence-electron chi connectivity index (χ4n) is 2.87. The fourth-order valence-corrected chi connectivity index (χ4v) is 2.87. The Balaban J connectivity index is 0.00000288. The van der Waals surface area contributed by atoms with Crippen LogP contribution in [-0.2, 0) is 11.3 Å². The van der Waals surface area contributed by atoms with Gasteiger partial charge >= 0.3 is 0 Å². The largest absolute Gasteiger partial charge is 0.352 e. The first-order valence-electron chi connectivity index (χ1n) is 8.52. The van der Waals surface area contributed by atoms with Crippen molar-refractivity contribution in [1.29, 1.82) is 0 Å². The van der Waals surface area contributed by atoms with Gasteiger partial charge in [0.1, 0.15) is 0 Å². The van der Waals surface area contributed by atoms with E-state index in [4.69, 9.17) is 0 Å². The molecule has 1 aliphatic rings. The van der Waals surface area contributed by atoms with Gasteiger partial charge in [-0.15, -0.1) is 12.4 Å². The summed E-state index contributed by atoms with van der Waals surface area (Å²) in [5, 5.41) is 6.24. The van der Waals surface area contributed by atoms with Gasteiger partial charge in [-0.2, -0.15) is 0 Å². The first-order chi connectivity index (χ1) is 11.2. The second-order valence-corrected chi connectivity index (χ2v) is 5.94. The van der Waals surface area contributed by atoms with Crippen LogP contribution in [0.25, 0.3) is 0 Å². The number of amides is 2. The zero-order valence-corrected chi connectivity index (χ0v) is 15.3. The van der Waals surface area contributed by atoms with Crippen LogP contribution in [0.1, 0.15) is 42.6 Å². The average molecular weight is 354 g/mol. The maximum atomic E-state index is 12.2. The number of nitrogens with one attached hydrogen (secondary N) is 2. The Morgan fingerprint density at radius 3 is 2.42 bits per heavy atom. The van der Waals surface area contributed by atoms with Gasteiger partial charge in [-0.3, -0.25) is 9.59 Å². The number of hydrogen-bond donors (Lipinski definition) is 2. The number of piperidine rings is 1. The maximum Gasteiger partial charge on any atom is 0.253 e. The minimum Gasteiger partial charge on any atom is -0.352 e. The molecule has 5 nitrogen and oxygen atoms in total. The molecular weight excluding hydrogens is 326 g/mol. The first kappa shape index (κ1) is 20.5. The van der Waals surface area contributed by atoms with Gasteiger partial charge in [-0.05, 0) is 50.9 Å². The number of halogens is 1. The molecule has 0 bridgehead atoms. The Bertz CT molecular complexity index is 524. The number of nitrogens with zero attached hydrogens (tertiary/aromatic N) is 1. The monoisotopic (exact) mass is 353 g/mol. The maximum absolute atomic E-state index is 12.2. The molecule has 0 spiro atoms. The van der Waals surface area contributed by atoms with E-state index in [1.165, 1.54) is 0 Å². The zero-order valence-electron chi connectivity index (χ0n) is 14.5. The van der Waals surface area contributed by atoms with Gasteiger partial charge in [0, 0.05) is 31.7 Å². The third-order valence-corrected chi connectivity index (χ3v) is 4.39. The lowest BCUT2D eigenvalue weighted by atomic mass is 9.99. The highest BCUT2D eigenvalue weighted by Gasteiger charge is 2.20. The predicted octanol–water partition coefficient (Wildman–Crippen LogP) is 2.21. The van der Waals surface area contributed by atoms with Crippen LogP contribution in [0.15, 0.2) is 24.3 Å². The minimum absolute atomic E-state index is 0. The Kier molecular flexibility index (Phi) is 8.79. The van der Waals surface area contributed by atoms with Crippen LogP contribution in [0, 0.1) is 5.92 Å². The van der Waals surface area contributed by atoms with Crippen molar-refractivity contribution in [2.45, 2.75) is 33.2 Å². The Morgan fingerprint density at radius 1 is 1.21 bits per heavy atom. The smallest absolute Gasteiger partial charge is 0.253 e. The van der Waals surface area contributed by atoms with Crippen LogP contribution >= 0.6 is 12.4 Å². The van der Waals surface area contributed by atoms with Gasteiger partial charge in [-0.25, -0.2) is 0 Å². The van der Waals surface area contributed by atoms with Gasteiger partial charge < -0.3 is 15.5 Å². The van der Waals surface area contributed by atoms with E-state index in [9.17, 15) is 9.59 Å². The van der Waals surface area contributed by atoms with E-state index in [0.717, 1.165) is 31.5 Å². The lowest BCUT2D eigenvalue weighted by Gasteiger charge is -2.22. The molecule has 1 atom stereocenters. The van der Waals surface area contributed by atoms with Crippen LogP contribution in [0.2, 0.25) is 0 Å². The first-order valence-corrected chi connectivity index (χ1v) is 8.52. The quantitative estimate of drug-likeness (QED) is 0.824. The second-order valence-electron chi connectivity index (χ2n) is 5.94. The molecule has 0 saturated carbocycles. The van der Waals surface area contributed by atoms with E-state index < -0.39 is 0 Å². The highest BCUT2D eigenvalue weighted by molar-refractivity contribution is 5.94. The van der Waals surface area contributed by atoms with Crippen molar-refractivity contribution in [2.24, 2.45) is 5.92 Å². The zero-order chi connectivity index (χ0) is 16.7. The van der Waals surface area contributed by atoms with Crippen molar-refractivity contribution in [1.82, 2.24) is 15.5 Å². The summed E-state index contributed by atoms with van der Waals surface area (Å²) < 4.78 is 0. The molecule has 1 heterocycles. The molecule has 1 unspecified atom stereocenters. The molecule has 1 aromatic rings. The highest BCUT2D eigenvalue weighted by Crippen LogP contribution is 2.11. The van der Waals surface area contributed by atoms with Crippen LogP contribution in [0.5, 0.6) is 0 Å². The SMILES string of the molecule is CCN(CC)C(=O)c1ccc(CNC(=O)C2CCCNC2)cc1.Cl. The third kappa shape index (κ3) is 5.49. The van der Waals surface area contributed by atoms with Crippen molar-refractivity contribution in [3.63, 3.8) is 0 Å². The molecule has 0 radical (unpaired) electrons. The van der Waals surface area contributed by atoms with Crippen LogP contribution in [0.4, 0.5) is 0 Å². The summed E-state index contributed by atoms with van der Waals surface area (Å²) >= 11 is 0. The summed E-state index contributed by atoms with van der Waals surface area (Å²) in [6.07, 6.45) is 2.01. The molecular formula is C18H28ClN3O2. The van der Waals surface area contributed by atoms with E-state index >= 15 is 0 Å². The van der Waals surface area contributed by atoms with Crippen molar-refractivity contribution in [3.8, 4) is 0 Å². The molecule has 1 fully saturated rings. The number of benzene rings is 1. The summed E-state index contributed by atoms with van der Waals surface area (Å²) in [6.45, 7) is 7.66. The van der Waals surface area contributed by atoms with Gasteiger partial charge in [0.25, 0.3) is 5.91 Å². The number of rotatable bonds is 6. The lowest BCUT2D eigenvalue weighted by Crippen LogP contribution is -2.40. The fraction of sp³-hybridized carbons (Fsp3) is 0.556. The average Bonchev–Trinajstić information content (AvgIpc) is 2.61. The summed E-state index contributed by atoms with van der Waals surface area (Å²) in [5.41, 5.74) is 1.71.